The molecule has 1 aromatic heterocycles. The second-order valence-corrected chi connectivity index (χ2v) is 14.6. The van der Waals surface area contributed by atoms with Crippen molar-refractivity contribution in [1.29, 1.82) is 0 Å². The van der Waals surface area contributed by atoms with Crippen LogP contribution in [0.1, 0.15) is 90.1 Å². The maximum atomic E-state index is 14.5. The third kappa shape index (κ3) is 11.4. The zero-order valence-corrected chi connectivity index (χ0v) is 30.3. The number of nitrogens with one attached hydrogen (secondary N) is 4. The highest BCUT2D eigenvalue weighted by molar-refractivity contribution is 6.38. The lowest BCUT2D eigenvalue weighted by molar-refractivity contribution is -0.148. The van der Waals surface area contributed by atoms with Crippen LogP contribution in [0.3, 0.4) is 0 Å². The van der Waals surface area contributed by atoms with Crippen molar-refractivity contribution >= 4 is 35.3 Å². The number of aromatic nitrogens is 2. The van der Waals surface area contributed by atoms with Crippen LogP contribution >= 0.6 is 0 Å². The number of likely N-dealkylation sites (tertiary alicyclic amines) is 1. The summed E-state index contributed by atoms with van der Waals surface area (Å²) in [7, 11) is 0. The van der Waals surface area contributed by atoms with Crippen molar-refractivity contribution in [2.24, 2.45) is 17.3 Å². The van der Waals surface area contributed by atoms with E-state index in [2.05, 4.69) is 37.8 Å². The summed E-state index contributed by atoms with van der Waals surface area (Å²) in [4.78, 5) is 90.3. The summed E-state index contributed by atoms with van der Waals surface area (Å²) in [5.74, 6) is -5.87. The highest BCUT2D eigenvalue weighted by Crippen LogP contribution is 2.34. The number of rotatable bonds is 15. The van der Waals surface area contributed by atoms with E-state index in [0.29, 0.717) is 24.8 Å². The Labute approximate surface area is 302 Å². The van der Waals surface area contributed by atoms with Gasteiger partial charge < -0.3 is 26.2 Å². The molecule has 52 heavy (non-hydrogen) atoms. The van der Waals surface area contributed by atoms with E-state index in [9.17, 15) is 41.9 Å². The molecular formula is C36H50F3N7O6. The highest BCUT2D eigenvalue weighted by atomic mass is 19.4. The maximum absolute atomic E-state index is 14.5. The average Bonchev–Trinajstić information content (AvgIpc) is 3.55. The van der Waals surface area contributed by atoms with Crippen LogP contribution < -0.4 is 21.3 Å². The van der Waals surface area contributed by atoms with Crippen LogP contribution in [-0.4, -0.2) is 93.6 Å². The number of amides is 5. The van der Waals surface area contributed by atoms with Crippen molar-refractivity contribution < 1.29 is 41.9 Å². The maximum Gasteiger partial charge on any atom is 0.389 e. The van der Waals surface area contributed by atoms with E-state index in [1.54, 1.807) is 20.8 Å². The van der Waals surface area contributed by atoms with Crippen molar-refractivity contribution in [2.75, 3.05) is 13.1 Å². The normalized spacial score (nSPS) is 19.5. The molecule has 16 heteroatoms. The molecule has 0 bridgehead atoms. The summed E-state index contributed by atoms with van der Waals surface area (Å²) < 4.78 is 39.7. The first kappa shape index (κ1) is 41.8. The first-order chi connectivity index (χ1) is 24.4. The molecule has 3 rings (SSSR count). The summed E-state index contributed by atoms with van der Waals surface area (Å²) in [5, 5.41) is 10.1. The monoisotopic (exact) mass is 733 g/mol. The number of carbonyl (C=O) groups is 6. The SMILES string of the molecule is C=CCNC(=O)C(=O)C(CCC(F)(F)F)NC(=O)[C@@H]1[C@@H](C(C)C)CCN1C(=O)[C@@H](NC(=O)[C@@H](NC(=O)c1cnccn1)C1=CCCCC1)C(C)(C)C. The van der Waals surface area contributed by atoms with E-state index >= 15 is 0 Å². The molecule has 1 aromatic rings. The standard InChI is InChI=1S/C36H50F3N7O6/c1-7-16-42-33(51)28(47)24(13-15-36(37,38)39)43-32(50)27-23(21(2)3)14-19-46(27)34(52)29(35(4,5)6)45-31(49)26(22-11-9-8-10-12-22)44-30(48)25-20-40-17-18-41-25/h7,11,17-18,20-21,23-24,26-27,29H,1,8-10,12-16,19H2,2-6H3,(H,42,51)(H,43,50)(H,44,48)(H,45,49)/t23-,24?,26+,27+,29-/m1/s1. The van der Waals surface area contributed by atoms with Crippen LogP contribution in [0.15, 0.2) is 42.9 Å². The van der Waals surface area contributed by atoms with Crippen molar-refractivity contribution in [1.82, 2.24) is 36.1 Å². The van der Waals surface area contributed by atoms with E-state index in [4.69, 9.17) is 0 Å². The van der Waals surface area contributed by atoms with Crippen molar-refractivity contribution in [3.8, 4) is 0 Å². The van der Waals surface area contributed by atoms with Crippen LogP contribution in [-0.2, 0) is 24.0 Å². The average molecular weight is 734 g/mol. The fourth-order valence-corrected chi connectivity index (χ4v) is 6.45. The summed E-state index contributed by atoms with van der Waals surface area (Å²) in [6.45, 7) is 12.2. The summed E-state index contributed by atoms with van der Waals surface area (Å²) in [6.07, 6.45) is 3.49. The Balaban J connectivity index is 1.93. The van der Waals surface area contributed by atoms with Crippen LogP contribution in [0.4, 0.5) is 13.2 Å². The van der Waals surface area contributed by atoms with Gasteiger partial charge in [-0.2, -0.15) is 13.2 Å². The second-order valence-electron chi connectivity index (χ2n) is 14.6. The second kappa shape index (κ2) is 18.2. The van der Waals surface area contributed by atoms with Gasteiger partial charge >= 0.3 is 6.18 Å². The Hall–Kier alpha value is -4.63. The molecule has 0 aromatic carbocycles. The van der Waals surface area contributed by atoms with Crippen molar-refractivity contribution in [2.45, 2.75) is 110 Å². The molecule has 0 saturated carbocycles. The van der Waals surface area contributed by atoms with E-state index in [1.165, 1.54) is 29.6 Å². The number of hydrogen-bond donors (Lipinski definition) is 4. The number of halogens is 3. The third-order valence-electron chi connectivity index (χ3n) is 9.26. The molecular weight excluding hydrogens is 683 g/mol. The topological polar surface area (TPSA) is 180 Å². The van der Waals surface area contributed by atoms with Gasteiger partial charge in [0.25, 0.3) is 11.8 Å². The van der Waals surface area contributed by atoms with E-state index in [1.807, 2.05) is 19.9 Å². The molecule has 1 saturated heterocycles. The van der Waals surface area contributed by atoms with Gasteiger partial charge in [0.1, 0.15) is 23.8 Å². The Morgan fingerprint density at radius 1 is 1.04 bits per heavy atom. The van der Waals surface area contributed by atoms with Crippen LogP contribution in [0, 0.1) is 17.3 Å². The molecule has 5 atom stereocenters. The number of Topliss-reactive ketones (excluding diaryl/α,β-unsaturated/α-hetero) is 1. The molecule has 0 spiro atoms. The lowest BCUT2D eigenvalue weighted by Gasteiger charge is -2.38. The number of allylic oxidation sites excluding steroid dienone is 1. The van der Waals surface area contributed by atoms with Gasteiger partial charge in [0.05, 0.1) is 12.2 Å². The lowest BCUT2D eigenvalue weighted by Crippen LogP contribution is -2.62. The predicted molar refractivity (Wildman–Crippen MR) is 185 cm³/mol. The number of alkyl halides is 3. The molecule has 1 unspecified atom stereocenters. The first-order valence-corrected chi connectivity index (χ1v) is 17.5. The first-order valence-electron chi connectivity index (χ1n) is 17.5. The molecule has 1 aliphatic heterocycles. The van der Waals surface area contributed by atoms with Crippen LogP contribution in [0.25, 0.3) is 0 Å². The van der Waals surface area contributed by atoms with Gasteiger partial charge in [-0.05, 0) is 61.3 Å². The van der Waals surface area contributed by atoms with E-state index < -0.39 is 89.8 Å². The molecule has 13 nitrogen and oxygen atoms in total. The van der Waals surface area contributed by atoms with E-state index in [-0.39, 0.29) is 24.7 Å². The van der Waals surface area contributed by atoms with Crippen LogP contribution in [0.2, 0.25) is 0 Å². The Bertz CT molecular complexity index is 1510. The summed E-state index contributed by atoms with van der Waals surface area (Å²) in [6, 6.07) is -5.39. The van der Waals surface area contributed by atoms with Crippen LogP contribution in [0.5, 0.6) is 0 Å². The van der Waals surface area contributed by atoms with Gasteiger partial charge in [-0.15, -0.1) is 6.58 Å². The fourth-order valence-electron chi connectivity index (χ4n) is 6.45. The Morgan fingerprint density at radius 2 is 1.75 bits per heavy atom. The molecule has 4 N–H and O–H groups in total. The zero-order valence-electron chi connectivity index (χ0n) is 30.3. The molecule has 1 fully saturated rings. The summed E-state index contributed by atoms with van der Waals surface area (Å²) in [5.41, 5.74) is -0.249. The minimum atomic E-state index is -4.67. The molecule has 0 radical (unpaired) electrons. The summed E-state index contributed by atoms with van der Waals surface area (Å²) >= 11 is 0. The smallest absolute Gasteiger partial charge is 0.346 e. The quantitative estimate of drug-likeness (QED) is 0.157. The zero-order chi connectivity index (χ0) is 38.8. The Kier molecular flexibility index (Phi) is 14.6. The Morgan fingerprint density at radius 3 is 2.31 bits per heavy atom. The van der Waals surface area contributed by atoms with E-state index in [0.717, 1.165) is 12.8 Å². The molecule has 2 heterocycles. The minimum Gasteiger partial charge on any atom is -0.346 e. The molecule has 2 aliphatic rings. The highest BCUT2D eigenvalue weighted by Gasteiger charge is 2.48. The fraction of sp³-hybridized carbons (Fsp3) is 0.611. The predicted octanol–water partition coefficient (Wildman–Crippen LogP) is 3.18. The van der Waals surface area contributed by atoms with Gasteiger partial charge in [-0.1, -0.05) is 46.8 Å². The van der Waals surface area contributed by atoms with Gasteiger partial charge in [0.15, 0.2) is 0 Å². The van der Waals surface area contributed by atoms with Gasteiger partial charge in [0, 0.05) is 31.9 Å². The molecule has 5 amide bonds. The van der Waals surface area contributed by atoms with Gasteiger partial charge in [-0.25, -0.2) is 4.98 Å². The number of hydrogen-bond acceptors (Lipinski definition) is 8. The van der Waals surface area contributed by atoms with Crippen molar-refractivity contribution in [3.05, 3.63) is 48.6 Å². The van der Waals surface area contributed by atoms with Crippen molar-refractivity contribution in [3.63, 3.8) is 0 Å². The van der Waals surface area contributed by atoms with Gasteiger partial charge in [-0.3, -0.25) is 33.8 Å². The third-order valence-corrected chi connectivity index (χ3v) is 9.26. The largest absolute Gasteiger partial charge is 0.389 e. The molecule has 1 aliphatic carbocycles. The number of nitrogens with zero attached hydrogens (tertiary/aromatic N) is 3. The number of ketones is 1. The lowest BCUT2D eigenvalue weighted by atomic mass is 9.84. The minimum absolute atomic E-state index is 0.00369. The number of carbonyl (C=O) groups excluding carboxylic acids is 6. The van der Waals surface area contributed by atoms with Gasteiger partial charge in [0.2, 0.25) is 23.5 Å². The molecule has 286 valence electrons.